The summed E-state index contributed by atoms with van der Waals surface area (Å²) in [5.41, 5.74) is 5.81. The van der Waals surface area contributed by atoms with Gasteiger partial charge >= 0.3 is 6.03 Å². The molecule has 4 aromatic rings. The Kier molecular flexibility index (Phi) is 6.20. The molecule has 7 nitrogen and oxygen atoms in total. The summed E-state index contributed by atoms with van der Waals surface area (Å²) >= 11 is 1.44. The Morgan fingerprint density at radius 3 is 2.68 bits per heavy atom. The molecule has 0 bridgehead atoms. The van der Waals surface area contributed by atoms with E-state index in [-0.39, 0.29) is 6.03 Å². The largest absolute Gasteiger partial charge is 0.338 e. The third-order valence-electron chi connectivity index (χ3n) is 4.64. The number of nitrogens with one attached hydrogen (secondary N) is 2. The van der Waals surface area contributed by atoms with Gasteiger partial charge in [0.05, 0.1) is 15.9 Å². The predicted molar refractivity (Wildman–Crippen MR) is 126 cm³/mol. The number of hydrogen-bond donors (Lipinski definition) is 2. The average molecular weight is 433 g/mol. The Morgan fingerprint density at radius 1 is 1.13 bits per heavy atom. The Bertz CT molecular complexity index is 1190. The summed E-state index contributed by atoms with van der Waals surface area (Å²) < 4.78 is 0.979. The van der Waals surface area contributed by atoms with E-state index in [2.05, 4.69) is 37.6 Å². The van der Waals surface area contributed by atoms with Gasteiger partial charge in [-0.1, -0.05) is 23.5 Å². The molecule has 0 unspecified atom stereocenters. The number of anilines is 1. The van der Waals surface area contributed by atoms with E-state index < -0.39 is 0 Å². The van der Waals surface area contributed by atoms with Crippen LogP contribution in [0.2, 0.25) is 0 Å². The monoisotopic (exact) mass is 432 g/mol. The minimum Gasteiger partial charge on any atom is -0.338 e. The first-order valence-corrected chi connectivity index (χ1v) is 10.8. The van der Waals surface area contributed by atoms with E-state index in [1.165, 1.54) is 11.3 Å². The Morgan fingerprint density at radius 2 is 2.00 bits per heavy atom. The second-order valence-electron chi connectivity index (χ2n) is 7.41. The number of carbonyl (C=O) groups is 1. The zero-order chi connectivity index (χ0) is 21.8. The molecule has 3 aromatic heterocycles. The van der Waals surface area contributed by atoms with E-state index in [1.807, 2.05) is 57.7 Å². The van der Waals surface area contributed by atoms with Gasteiger partial charge in [-0.15, -0.1) is 0 Å². The van der Waals surface area contributed by atoms with Crippen LogP contribution in [0.25, 0.3) is 32.6 Å². The van der Waals surface area contributed by atoms with E-state index in [0.29, 0.717) is 11.7 Å². The predicted octanol–water partition coefficient (Wildman–Crippen LogP) is 4.62. The van der Waals surface area contributed by atoms with Crippen LogP contribution in [0.4, 0.5) is 9.93 Å². The second kappa shape index (κ2) is 9.20. The number of benzene rings is 1. The lowest BCUT2D eigenvalue weighted by atomic mass is 10.0. The highest BCUT2D eigenvalue weighted by Gasteiger charge is 2.15. The van der Waals surface area contributed by atoms with E-state index in [1.54, 1.807) is 6.20 Å². The topological polar surface area (TPSA) is 83.0 Å². The number of carbonyl (C=O) groups excluding carboxylic acids is 1. The van der Waals surface area contributed by atoms with E-state index in [0.717, 1.165) is 44.7 Å². The normalized spacial score (nSPS) is 11.1. The zero-order valence-electron chi connectivity index (χ0n) is 17.7. The van der Waals surface area contributed by atoms with Crippen molar-refractivity contribution in [3.8, 4) is 22.4 Å². The maximum absolute atomic E-state index is 12.0. The molecular formula is C23H24N6OS. The van der Waals surface area contributed by atoms with E-state index in [4.69, 9.17) is 4.98 Å². The van der Waals surface area contributed by atoms with Crippen molar-refractivity contribution in [1.29, 1.82) is 0 Å². The molecule has 0 aliphatic carbocycles. The minimum atomic E-state index is -0.262. The highest BCUT2D eigenvalue weighted by molar-refractivity contribution is 7.22. The molecule has 0 spiro atoms. The maximum Gasteiger partial charge on any atom is 0.321 e. The number of rotatable bonds is 6. The fourth-order valence-corrected chi connectivity index (χ4v) is 4.28. The Hall–Kier alpha value is -3.36. The molecule has 0 radical (unpaired) electrons. The van der Waals surface area contributed by atoms with Crippen LogP contribution < -0.4 is 10.6 Å². The summed E-state index contributed by atoms with van der Waals surface area (Å²) in [6.45, 7) is 3.26. The Balaban J connectivity index is 1.80. The SMILES string of the molecule is CCNC(=O)Nc1nc2cc(-c3cccnc3)cc(-c3ccc(CN(C)C)cn3)c2s1. The first kappa shape index (κ1) is 20.9. The molecule has 1 aromatic carbocycles. The lowest BCUT2D eigenvalue weighted by Crippen LogP contribution is -2.28. The lowest BCUT2D eigenvalue weighted by Gasteiger charge is -2.10. The van der Waals surface area contributed by atoms with E-state index >= 15 is 0 Å². The summed E-state index contributed by atoms with van der Waals surface area (Å²) in [7, 11) is 4.07. The number of thiazole rings is 1. The fraction of sp³-hybridized carbons (Fsp3) is 0.217. The average Bonchev–Trinajstić information content (AvgIpc) is 3.16. The van der Waals surface area contributed by atoms with Crippen molar-refractivity contribution in [2.45, 2.75) is 13.5 Å². The third kappa shape index (κ3) is 4.87. The molecular weight excluding hydrogens is 408 g/mol. The van der Waals surface area contributed by atoms with Crippen molar-refractivity contribution in [3.05, 3.63) is 60.6 Å². The molecule has 8 heteroatoms. The van der Waals surface area contributed by atoms with Crippen molar-refractivity contribution < 1.29 is 4.79 Å². The van der Waals surface area contributed by atoms with Crippen LogP contribution in [-0.4, -0.2) is 46.5 Å². The van der Waals surface area contributed by atoms with Gasteiger partial charge in [0.15, 0.2) is 5.13 Å². The van der Waals surface area contributed by atoms with Gasteiger partial charge in [0.1, 0.15) is 0 Å². The molecule has 3 heterocycles. The van der Waals surface area contributed by atoms with Crippen molar-refractivity contribution in [2.75, 3.05) is 26.0 Å². The van der Waals surface area contributed by atoms with Gasteiger partial charge in [0.2, 0.25) is 0 Å². The molecule has 0 aliphatic rings. The van der Waals surface area contributed by atoms with Gasteiger partial charge in [-0.05, 0) is 56.4 Å². The standard InChI is InChI=1S/C23H24N6OS/c1-4-25-22(30)28-23-27-20-11-17(16-6-5-9-24-13-16)10-18(21(20)31-23)19-8-7-15(12-26-19)14-29(2)3/h5-13H,4,14H2,1-3H3,(H2,25,27,28,30). The molecule has 31 heavy (non-hydrogen) atoms. The van der Waals surface area contributed by atoms with Gasteiger partial charge in [-0.25, -0.2) is 9.78 Å². The number of urea groups is 1. The first-order valence-electron chi connectivity index (χ1n) is 10.0. The van der Waals surface area contributed by atoms with Crippen molar-refractivity contribution >= 4 is 32.7 Å². The van der Waals surface area contributed by atoms with Gasteiger partial charge in [0, 0.05) is 42.8 Å². The number of aromatic nitrogens is 3. The molecule has 0 fully saturated rings. The first-order chi connectivity index (χ1) is 15.0. The summed E-state index contributed by atoms with van der Waals surface area (Å²) in [5, 5.41) is 6.11. The maximum atomic E-state index is 12.0. The van der Waals surface area contributed by atoms with Crippen LogP contribution in [0.1, 0.15) is 12.5 Å². The number of amides is 2. The fourth-order valence-electron chi connectivity index (χ4n) is 3.32. The van der Waals surface area contributed by atoms with Crippen LogP contribution in [0.15, 0.2) is 55.0 Å². The molecule has 0 atom stereocenters. The second-order valence-corrected chi connectivity index (χ2v) is 8.41. The molecule has 0 saturated carbocycles. The summed E-state index contributed by atoms with van der Waals surface area (Å²) in [5.74, 6) is 0. The summed E-state index contributed by atoms with van der Waals surface area (Å²) in [6, 6.07) is 11.9. The highest BCUT2D eigenvalue weighted by Crippen LogP contribution is 2.38. The van der Waals surface area contributed by atoms with Crippen LogP contribution in [0, 0.1) is 0 Å². The van der Waals surface area contributed by atoms with Crippen molar-refractivity contribution in [3.63, 3.8) is 0 Å². The molecule has 2 N–H and O–H groups in total. The molecule has 4 rings (SSSR count). The van der Waals surface area contributed by atoms with Crippen molar-refractivity contribution in [2.24, 2.45) is 0 Å². The van der Waals surface area contributed by atoms with Gasteiger partial charge in [0.25, 0.3) is 0 Å². The van der Waals surface area contributed by atoms with Gasteiger partial charge in [-0.3, -0.25) is 15.3 Å². The van der Waals surface area contributed by atoms with Crippen LogP contribution in [-0.2, 0) is 6.54 Å². The quantitative estimate of drug-likeness (QED) is 0.464. The summed E-state index contributed by atoms with van der Waals surface area (Å²) in [6.07, 6.45) is 5.50. The number of hydrogen-bond acceptors (Lipinski definition) is 6. The number of fused-ring (bicyclic) bond motifs is 1. The molecule has 0 saturated heterocycles. The number of nitrogens with zero attached hydrogens (tertiary/aromatic N) is 4. The zero-order valence-corrected chi connectivity index (χ0v) is 18.5. The van der Waals surface area contributed by atoms with Crippen LogP contribution in [0.3, 0.4) is 0 Å². The van der Waals surface area contributed by atoms with Gasteiger partial charge in [-0.2, -0.15) is 0 Å². The molecule has 158 valence electrons. The third-order valence-corrected chi connectivity index (χ3v) is 5.66. The Labute approximate surface area is 185 Å². The van der Waals surface area contributed by atoms with Crippen LogP contribution >= 0.6 is 11.3 Å². The molecule has 2 amide bonds. The number of pyridine rings is 2. The van der Waals surface area contributed by atoms with Gasteiger partial charge < -0.3 is 10.2 Å². The highest BCUT2D eigenvalue weighted by atomic mass is 32.1. The lowest BCUT2D eigenvalue weighted by molar-refractivity contribution is 0.252. The molecule has 0 aliphatic heterocycles. The smallest absolute Gasteiger partial charge is 0.321 e. The van der Waals surface area contributed by atoms with Crippen LogP contribution in [0.5, 0.6) is 0 Å². The van der Waals surface area contributed by atoms with Crippen molar-refractivity contribution in [1.82, 2.24) is 25.2 Å². The summed E-state index contributed by atoms with van der Waals surface area (Å²) in [4.78, 5) is 27.7. The minimum absolute atomic E-state index is 0.262. The van der Waals surface area contributed by atoms with E-state index in [9.17, 15) is 4.79 Å².